The van der Waals surface area contributed by atoms with Crippen LogP contribution in [-0.4, -0.2) is 63.7 Å². The lowest BCUT2D eigenvalue weighted by Gasteiger charge is -2.39. The normalized spacial score (nSPS) is 32.7. The third kappa shape index (κ3) is 3.78. The first-order chi connectivity index (χ1) is 10.0. The molecule has 1 aliphatic rings. The molecule has 0 unspecified atom stereocenters. The Kier molecular flexibility index (Phi) is 5.27. The number of esters is 1. The van der Waals surface area contributed by atoms with Gasteiger partial charge in [0.25, 0.3) is 0 Å². The van der Waals surface area contributed by atoms with Crippen LogP contribution in [0.1, 0.15) is 5.56 Å². The molecule has 0 aromatic heterocycles. The van der Waals surface area contributed by atoms with Gasteiger partial charge >= 0.3 is 5.97 Å². The van der Waals surface area contributed by atoms with Gasteiger partial charge in [0.15, 0.2) is 12.4 Å². The molecule has 1 fully saturated rings. The van der Waals surface area contributed by atoms with Gasteiger partial charge in [0.1, 0.15) is 18.3 Å². The van der Waals surface area contributed by atoms with Crippen LogP contribution in [0.2, 0.25) is 0 Å². The SMILES string of the molecule is O=C(Cc1ccccc1)O[C@H]1[C@@H](O)[C@H](O)[C@@H](CO)O[C@H]1O. The maximum absolute atomic E-state index is 11.8. The van der Waals surface area contributed by atoms with Crippen molar-refractivity contribution in [3.63, 3.8) is 0 Å². The van der Waals surface area contributed by atoms with Crippen molar-refractivity contribution < 1.29 is 34.7 Å². The van der Waals surface area contributed by atoms with Gasteiger partial charge in [0, 0.05) is 0 Å². The molecule has 1 aliphatic heterocycles. The summed E-state index contributed by atoms with van der Waals surface area (Å²) >= 11 is 0. The summed E-state index contributed by atoms with van der Waals surface area (Å²) in [4.78, 5) is 11.8. The highest BCUT2D eigenvalue weighted by Gasteiger charge is 2.45. The topological polar surface area (TPSA) is 116 Å². The van der Waals surface area contributed by atoms with Crippen molar-refractivity contribution in [2.75, 3.05) is 6.61 Å². The standard InChI is InChI=1S/C14H18O7/c15-7-9-11(17)12(18)13(14(19)20-9)21-10(16)6-8-4-2-1-3-5-8/h1-5,9,11-15,17-19H,6-7H2/t9-,11-,12+,13+,14-/m1/s1. The average molecular weight is 298 g/mol. The van der Waals surface area contributed by atoms with Gasteiger partial charge in [-0.05, 0) is 5.56 Å². The second kappa shape index (κ2) is 6.97. The minimum atomic E-state index is -1.61. The maximum Gasteiger partial charge on any atom is 0.310 e. The highest BCUT2D eigenvalue weighted by Crippen LogP contribution is 2.22. The summed E-state index contributed by atoms with van der Waals surface area (Å²) in [6.45, 7) is -0.569. The van der Waals surface area contributed by atoms with Crippen LogP contribution in [0.15, 0.2) is 30.3 Å². The Hall–Kier alpha value is -1.51. The van der Waals surface area contributed by atoms with E-state index in [-0.39, 0.29) is 6.42 Å². The van der Waals surface area contributed by atoms with Crippen LogP contribution in [0.25, 0.3) is 0 Å². The lowest BCUT2D eigenvalue weighted by Crippen LogP contribution is -2.59. The third-order valence-corrected chi connectivity index (χ3v) is 3.30. The molecule has 7 heteroatoms. The van der Waals surface area contributed by atoms with Gasteiger partial charge < -0.3 is 29.9 Å². The van der Waals surface area contributed by atoms with Crippen LogP contribution in [0.4, 0.5) is 0 Å². The summed E-state index contributed by atoms with van der Waals surface area (Å²) in [6, 6.07) is 8.82. The molecule has 1 heterocycles. The molecular weight excluding hydrogens is 280 g/mol. The summed E-state index contributed by atoms with van der Waals surface area (Å²) < 4.78 is 9.88. The molecule has 2 rings (SSSR count). The van der Waals surface area contributed by atoms with Gasteiger partial charge in [-0.25, -0.2) is 0 Å². The number of carbonyl (C=O) groups is 1. The van der Waals surface area contributed by atoms with Gasteiger partial charge in [0.2, 0.25) is 0 Å². The minimum Gasteiger partial charge on any atom is -0.454 e. The number of carbonyl (C=O) groups excluding carboxylic acids is 1. The lowest BCUT2D eigenvalue weighted by atomic mass is 9.99. The molecule has 7 nitrogen and oxygen atoms in total. The van der Waals surface area contributed by atoms with Crippen LogP contribution in [0.3, 0.4) is 0 Å². The molecule has 116 valence electrons. The predicted molar refractivity (Wildman–Crippen MR) is 70.0 cm³/mol. The summed E-state index contributed by atoms with van der Waals surface area (Å²) in [5.74, 6) is -0.664. The molecule has 0 spiro atoms. The van der Waals surface area contributed by atoms with Crippen molar-refractivity contribution >= 4 is 5.97 Å². The van der Waals surface area contributed by atoms with Crippen LogP contribution in [-0.2, 0) is 20.7 Å². The van der Waals surface area contributed by atoms with Gasteiger partial charge in [-0.2, -0.15) is 0 Å². The molecule has 1 saturated heterocycles. The molecule has 21 heavy (non-hydrogen) atoms. The highest BCUT2D eigenvalue weighted by atomic mass is 16.7. The predicted octanol–water partition coefficient (Wildman–Crippen LogP) is -1.43. The van der Waals surface area contributed by atoms with Gasteiger partial charge in [-0.3, -0.25) is 4.79 Å². The van der Waals surface area contributed by atoms with Crippen molar-refractivity contribution in [1.82, 2.24) is 0 Å². The second-order valence-electron chi connectivity index (χ2n) is 4.85. The zero-order valence-electron chi connectivity index (χ0n) is 11.2. The minimum absolute atomic E-state index is 0.0314. The van der Waals surface area contributed by atoms with Crippen LogP contribution >= 0.6 is 0 Å². The molecule has 0 amide bonds. The summed E-state index contributed by atoms with van der Waals surface area (Å²) in [7, 11) is 0. The first-order valence-corrected chi connectivity index (χ1v) is 6.57. The molecule has 4 N–H and O–H groups in total. The Morgan fingerprint density at radius 3 is 2.43 bits per heavy atom. The van der Waals surface area contributed by atoms with Gasteiger partial charge in [-0.15, -0.1) is 0 Å². The fraction of sp³-hybridized carbons (Fsp3) is 0.500. The number of aliphatic hydroxyl groups is 4. The fourth-order valence-electron chi connectivity index (χ4n) is 2.15. The summed E-state index contributed by atoms with van der Waals surface area (Å²) in [5.41, 5.74) is 0.719. The largest absolute Gasteiger partial charge is 0.454 e. The third-order valence-electron chi connectivity index (χ3n) is 3.30. The molecule has 0 radical (unpaired) electrons. The van der Waals surface area contributed by atoms with E-state index in [2.05, 4.69) is 0 Å². The summed E-state index contributed by atoms with van der Waals surface area (Å²) in [6.07, 6.45) is -7.16. The van der Waals surface area contributed by atoms with Crippen molar-refractivity contribution in [1.29, 1.82) is 0 Å². The number of hydrogen-bond donors (Lipinski definition) is 4. The molecule has 0 aliphatic carbocycles. The van der Waals surface area contributed by atoms with E-state index in [1.165, 1.54) is 0 Å². The molecule has 0 saturated carbocycles. The van der Waals surface area contributed by atoms with Gasteiger partial charge in [0.05, 0.1) is 13.0 Å². The quantitative estimate of drug-likeness (QED) is 0.504. The number of rotatable bonds is 4. The smallest absolute Gasteiger partial charge is 0.310 e. The maximum atomic E-state index is 11.8. The molecule has 1 aromatic carbocycles. The van der Waals surface area contributed by atoms with Crippen molar-refractivity contribution in [3.8, 4) is 0 Å². The zero-order valence-corrected chi connectivity index (χ0v) is 11.2. The lowest BCUT2D eigenvalue weighted by molar-refractivity contribution is -0.290. The monoisotopic (exact) mass is 298 g/mol. The fourth-order valence-corrected chi connectivity index (χ4v) is 2.15. The van der Waals surface area contributed by atoms with E-state index in [0.29, 0.717) is 0 Å². The van der Waals surface area contributed by atoms with E-state index in [4.69, 9.17) is 14.6 Å². The second-order valence-corrected chi connectivity index (χ2v) is 4.85. The molecular formula is C14H18O7. The van der Waals surface area contributed by atoms with E-state index < -0.39 is 43.3 Å². The van der Waals surface area contributed by atoms with Crippen LogP contribution in [0.5, 0.6) is 0 Å². The Morgan fingerprint density at radius 1 is 1.14 bits per heavy atom. The summed E-state index contributed by atoms with van der Waals surface area (Å²) in [5, 5.41) is 38.2. The molecule has 1 aromatic rings. The Labute approximate surface area is 121 Å². The average Bonchev–Trinajstić information content (AvgIpc) is 2.48. The number of ether oxygens (including phenoxy) is 2. The van der Waals surface area contributed by atoms with Crippen LogP contribution < -0.4 is 0 Å². The number of aliphatic hydroxyl groups excluding tert-OH is 4. The number of hydrogen-bond acceptors (Lipinski definition) is 7. The Bertz CT molecular complexity index is 464. The van der Waals surface area contributed by atoms with E-state index in [1.807, 2.05) is 6.07 Å². The molecule has 5 atom stereocenters. The van der Waals surface area contributed by atoms with Crippen molar-refractivity contribution in [3.05, 3.63) is 35.9 Å². The van der Waals surface area contributed by atoms with Crippen molar-refractivity contribution in [2.24, 2.45) is 0 Å². The highest BCUT2D eigenvalue weighted by molar-refractivity contribution is 5.72. The first-order valence-electron chi connectivity index (χ1n) is 6.57. The first kappa shape index (κ1) is 15.9. The van der Waals surface area contributed by atoms with E-state index >= 15 is 0 Å². The van der Waals surface area contributed by atoms with E-state index in [9.17, 15) is 20.1 Å². The molecule has 0 bridgehead atoms. The number of benzene rings is 1. The zero-order chi connectivity index (χ0) is 15.4. The van der Waals surface area contributed by atoms with Crippen LogP contribution in [0, 0.1) is 0 Å². The Morgan fingerprint density at radius 2 is 1.81 bits per heavy atom. The van der Waals surface area contributed by atoms with Crippen molar-refractivity contribution in [2.45, 2.75) is 37.1 Å². The van der Waals surface area contributed by atoms with E-state index in [0.717, 1.165) is 5.56 Å². The Balaban J connectivity index is 1.96. The van der Waals surface area contributed by atoms with E-state index in [1.54, 1.807) is 24.3 Å². The van der Waals surface area contributed by atoms with Gasteiger partial charge in [-0.1, -0.05) is 30.3 Å².